The van der Waals surface area contributed by atoms with E-state index in [1.165, 1.54) is 24.9 Å². The minimum atomic E-state index is -0.203. The van der Waals surface area contributed by atoms with E-state index >= 15 is 0 Å². The van der Waals surface area contributed by atoms with Crippen LogP contribution in [0.2, 0.25) is 5.02 Å². The number of carbonyl (C=O) groups is 1. The van der Waals surface area contributed by atoms with Gasteiger partial charge in [0.1, 0.15) is 5.75 Å². The molecule has 0 radical (unpaired) electrons. The zero-order valence-corrected chi connectivity index (χ0v) is 17.9. The fourth-order valence-corrected chi connectivity index (χ4v) is 3.94. The summed E-state index contributed by atoms with van der Waals surface area (Å²) in [7, 11) is 0. The lowest BCUT2D eigenvalue weighted by Crippen LogP contribution is -2.29. The third kappa shape index (κ3) is 4.85. The molecular weight excluding hydrogens is 398 g/mol. The largest absolute Gasteiger partial charge is 0.483 e. The van der Waals surface area contributed by atoms with Crippen LogP contribution in [0.25, 0.3) is 10.9 Å². The lowest BCUT2D eigenvalue weighted by molar-refractivity contribution is -0.118. The summed E-state index contributed by atoms with van der Waals surface area (Å²) in [5, 5.41) is 4.32. The summed E-state index contributed by atoms with van der Waals surface area (Å²) in [6.45, 7) is 4.16. The lowest BCUT2D eigenvalue weighted by atomic mass is 10.1. The van der Waals surface area contributed by atoms with Gasteiger partial charge < -0.3 is 15.0 Å². The van der Waals surface area contributed by atoms with Gasteiger partial charge in [0, 0.05) is 46.6 Å². The van der Waals surface area contributed by atoms with Gasteiger partial charge in [0.15, 0.2) is 6.61 Å². The maximum absolute atomic E-state index is 12.4. The van der Waals surface area contributed by atoms with E-state index in [2.05, 4.69) is 27.3 Å². The highest BCUT2D eigenvalue weighted by Gasteiger charge is 2.12. The molecule has 0 saturated carbocycles. The SMILES string of the molecule is CCc1cc(OCC(=O)Nc2ccc(N3CCCCC3)cc2)c2cc(Cl)ccc2n1. The number of benzene rings is 2. The smallest absolute Gasteiger partial charge is 0.262 e. The quantitative estimate of drug-likeness (QED) is 0.572. The Kier molecular flexibility index (Phi) is 6.38. The monoisotopic (exact) mass is 423 g/mol. The van der Waals surface area contributed by atoms with Crippen molar-refractivity contribution in [2.45, 2.75) is 32.6 Å². The zero-order valence-electron chi connectivity index (χ0n) is 17.2. The Morgan fingerprint density at radius 1 is 1.10 bits per heavy atom. The van der Waals surface area contributed by atoms with Crippen molar-refractivity contribution in [1.82, 2.24) is 4.98 Å². The summed E-state index contributed by atoms with van der Waals surface area (Å²) in [4.78, 5) is 19.4. The number of piperidine rings is 1. The molecule has 0 bridgehead atoms. The number of amides is 1. The maximum atomic E-state index is 12.4. The molecule has 1 N–H and O–H groups in total. The van der Waals surface area contributed by atoms with E-state index in [1.54, 1.807) is 6.07 Å². The van der Waals surface area contributed by atoms with Gasteiger partial charge in [-0.15, -0.1) is 0 Å². The van der Waals surface area contributed by atoms with Crippen LogP contribution in [-0.4, -0.2) is 30.6 Å². The Hall–Kier alpha value is -2.79. The van der Waals surface area contributed by atoms with Crippen LogP contribution in [0.5, 0.6) is 5.75 Å². The first-order valence-electron chi connectivity index (χ1n) is 10.5. The van der Waals surface area contributed by atoms with Crippen molar-refractivity contribution in [3.63, 3.8) is 0 Å². The lowest BCUT2D eigenvalue weighted by Gasteiger charge is -2.28. The molecule has 0 atom stereocenters. The van der Waals surface area contributed by atoms with E-state index in [0.717, 1.165) is 41.8 Å². The van der Waals surface area contributed by atoms with Crippen LogP contribution in [0.3, 0.4) is 0 Å². The van der Waals surface area contributed by atoms with E-state index in [4.69, 9.17) is 16.3 Å². The van der Waals surface area contributed by atoms with E-state index in [9.17, 15) is 4.79 Å². The maximum Gasteiger partial charge on any atom is 0.262 e. The van der Waals surface area contributed by atoms with Gasteiger partial charge in [-0.1, -0.05) is 18.5 Å². The molecule has 0 aliphatic carbocycles. The van der Waals surface area contributed by atoms with E-state index < -0.39 is 0 Å². The Morgan fingerprint density at radius 3 is 2.60 bits per heavy atom. The van der Waals surface area contributed by atoms with Crippen LogP contribution in [0.4, 0.5) is 11.4 Å². The Morgan fingerprint density at radius 2 is 1.87 bits per heavy atom. The van der Waals surface area contributed by atoms with E-state index in [0.29, 0.717) is 10.8 Å². The van der Waals surface area contributed by atoms with Gasteiger partial charge >= 0.3 is 0 Å². The Bertz CT molecular complexity index is 1030. The third-order valence-corrected chi connectivity index (χ3v) is 5.61. The first kappa shape index (κ1) is 20.5. The van der Waals surface area contributed by atoms with Crippen molar-refractivity contribution in [3.8, 4) is 5.75 Å². The molecule has 6 heteroatoms. The molecule has 1 saturated heterocycles. The standard InChI is InChI=1S/C24H26ClN3O2/c1-2-18-15-23(21-14-17(25)6-11-22(21)26-18)30-16-24(29)27-19-7-9-20(10-8-19)28-12-4-3-5-13-28/h6-11,14-15H,2-5,12-13,16H2,1H3,(H,27,29). The number of anilines is 2. The number of aryl methyl sites for hydroxylation is 1. The van der Waals surface area contributed by atoms with Crippen molar-refractivity contribution >= 4 is 39.8 Å². The average molecular weight is 424 g/mol. The first-order valence-corrected chi connectivity index (χ1v) is 10.9. The van der Waals surface area contributed by atoms with Crippen LogP contribution < -0.4 is 15.0 Å². The number of carbonyl (C=O) groups excluding carboxylic acids is 1. The fourth-order valence-electron chi connectivity index (χ4n) is 3.77. The number of ether oxygens (including phenoxy) is 1. The molecule has 2 heterocycles. The molecule has 156 valence electrons. The third-order valence-electron chi connectivity index (χ3n) is 5.38. The van der Waals surface area contributed by atoms with Crippen LogP contribution in [0, 0.1) is 0 Å². The molecule has 0 spiro atoms. The number of aromatic nitrogens is 1. The van der Waals surface area contributed by atoms with Gasteiger partial charge in [-0.05, 0) is 68.1 Å². The summed E-state index contributed by atoms with van der Waals surface area (Å²) in [6, 6.07) is 15.4. The molecule has 4 rings (SSSR count). The van der Waals surface area contributed by atoms with Crippen molar-refractivity contribution in [3.05, 3.63) is 59.2 Å². The molecule has 1 aliphatic heterocycles. The van der Waals surface area contributed by atoms with Gasteiger partial charge in [0.05, 0.1) is 5.52 Å². The second kappa shape index (κ2) is 9.35. The first-order chi connectivity index (χ1) is 14.6. The number of halogens is 1. The van der Waals surface area contributed by atoms with Gasteiger partial charge in [0.2, 0.25) is 0 Å². The molecule has 30 heavy (non-hydrogen) atoms. The van der Waals surface area contributed by atoms with Crippen molar-refractivity contribution in [2.24, 2.45) is 0 Å². The summed E-state index contributed by atoms with van der Waals surface area (Å²) < 4.78 is 5.85. The average Bonchev–Trinajstić information content (AvgIpc) is 2.78. The summed E-state index contributed by atoms with van der Waals surface area (Å²) in [5.41, 5.74) is 3.69. The van der Waals surface area contributed by atoms with Crippen LogP contribution >= 0.6 is 11.6 Å². The number of hydrogen-bond acceptors (Lipinski definition) is 4. The molecule has 2 aromatic carbocycles. The highest BCUT2D eigenvalue weighted by molar-refractivity contribution is 6.31. The molecule has 3 aromatic rings. The van der Waals surface area contributed by atoms with Crippen molar-refractivity contribution in [1.29, 1.82) is 0 Å². The predicted octanol–water partition coefficient (Wildman–Crippen LogP) is 5.46. The molecular formula is C24H26ClN3O2. The number of rotatable bonds is 6. The molecule has 1 amide bonds. The zero-order chi connectivity index (χ0) is 20.9. The number of nitrogens with zero attached hydrogens (tertiary/aromatic N) is 2. The normalized spacial score (nSPS) is 14.0. The number of hydrogen-bond donors (Lipinski definition) is 1. The highest BCUT2D eigenvalue weighted by atomic mass is 35.5. The second-order valence-corrected chi connectivity index (χ2v) is 7.99. The van der Waals surface area contributed by atoms with Crippen LogP contribution in [0.1, 0.15) is 31.9 Å². The van der Waals surface area contributed by atoms with Crippen molar-refractivity contribution < 1.29 is 9.53 Å². The number of pyridine rings is 1. The summed E-state index contributed by atoms with van der Waals surface area (Å²) in [6.07, 6.45) is 4.57. The van der Waals surface area contributed by atoms with Gasteiger partial charge in [0.25, 0.3) is 5.91 Å². The van der Waals surface area contributed by atoms with Crippen molar-refractivity contribution in [2.75, 3.05) is 29.9 Å². The van der Waals surface area contributed by atoms with E-state index in [1.807, 2.05) is 37.3 Å². The summed E-state index contributed by atoms with van der Waals surface area (Å²) >= 11 is 6.14. The molecule has 5 nitrogen and oxygen atoms in total. The minimum Gasteiger partial charge on any atom is -0.483 e. The number of fused-ring (bicyclic) bond motifs is 1. The van der Waals surface area contributed by atoms with E-state index in [-0.39, 0.29) is 12.5 Å². The van der Waals surface area contributed by atoms with Crippen LogP contribution in [-0.2, 0) is 11.2 Å². The second-order valence-electron chi connectivity index (χ2n) is 7.56. The topological polar surface area (TPSA) is 54.5 Å². The van der Waals surface area contributed by atoms with Crippen LogP contribution in [0.15, 0.2) is 48.5 Å². The van der Waals surface area contributed by atoms with Gasteiger partial charge in [-0.3, -0.25) is 9.78 Å². The fraction of sp³-hybridized carbons (Fsp3) is 0.333. The summed E-state index contributed by atoms with van der Waals surface area (Å²) in [5.74, 6) is 0.417. The molecule has 0 unspecified atom stereocenters. The molecule has 1 aromatic heterocycles. The Balaban J connectivity index is 1.40. The van der Waals surface area contributed by atoms with Gasteiger partial charge in [-0.25, -0.2) is 0 Å². The molecule has 1 fully saturated rings. The predicted molar refractivity (Wildman–Crippen MR) is 123 cm³/mol. The van der Waals surface area contributed by atoms with Gasteiger partial charge in [-0.2, -0.15) is 0 Å². The molecule has 1 aliphatic rings. The highest BCUT2D eigenvalue weighted by Crippen LogP contribution is 2.28. The number of nitrogens with one attached hydrogen (secondary N) is 1. The Labute approximate surface area is 182 Å². The minimum absolute atomic E-state index is 0.0807.